The molecule has 1 aliphatic heterocycles. The highest BCUT2D eigenvalue weighted by Gasteiger charge is 2.24. The molecule has 1 aliphatic rings. The molecule has 2 nitrogen and oxygen atoms in total. The summed E-state index contributed by atoms with van der Waals surface area (Å²) >= 11 is 0. The van der Waals surface area contributed by atoms with E-state index in [0.717, 1.165) is 0 Å². The van der Waals surface area contributed by atoms with Gasteiger partial charge in [0.05, 0.1) is 0 Å². The first-order valence-corrected chi connectivity index (χ1v) is 16.5. The van der Waals surface area contributed by atoms with E-state index in [0.29, 0.717) is 6.17 Å². The minimum atomic E-state index is 0.640. The maximum Gasteiger partial charge on any atom is 0.101 e. The summed E-state index contributed by atoms with van der Waals surface area (Å²) in [6.45, 7) is 9.41. The zero-order valence-electron chi connectivity index (χ0n) is 24.7. The van der Waals surface area contributed by atoms with Gasteiger partial charge in [-0.2, -0.15) is 0 Å². The Morgan fingerprint density at radius 1 is 0.371 bits per heavy atom. The molecule has 0 radical (unpaired) electrons. The lowest BCUT2D eigenvalue weighted by Gasteiger charge is -2.33. The van der Waals surface area contributed by atoms with E-state index in [9.17, 15) is 0 Å². The molecule has 1 unspecified atom stereocenters. The molecule has 1 rings (SSSR count). The number of hydrogen-bond acceptors (Lipinski definition) is 2. The van der Waals surface area contributed by atoms with Gasteiger partial charge in [-0.15, -0.1) is 0 Å². The van der Waals surface area contributed by atoms with Crippen molar-refractivity contribution in [1.82, 2.24) is 9.80 Å². The van der Waals surface area contributed by atoms with E-state index in [2.05, 4.69) is 43.0 Å². The van der Waals surface area contributed by atoms with E-state index in [1.165, 1.54) is 174 Å². The average Bonchev–Trinajstić information content (AvgIpc) is 3.24. The highest BCUT2D eigenvalue weighted by Crippen LogP contribution is 2.23. The van der Waals surface area contributed by atoms with Crippen molar-refractivity contribution in [3.05, 3.63) is 12.4 Å². The first-order valence-electron chi connectivity index (χ1n) is 16.5. The van der Waals surface area contributed by atoms with Gasteiger partial charge in [-0.05, 0) is 25.7 Å². The van der Waals surface area contributed by atoms with Crippen LogP contribution in [0.25, 0.3) is 0 Å². The average molecular weight is 491 g/mol. The zero-order valence-corrected chi connectivity index (χ0v) is 24.7. The van der Waals surface area contributed by atoms with E-state index >= 15 is 0 Å². The molecule has 0 aromatic heterocycles. The van der Waals surface area contributed by atoms with Crippen LogP contribution in [0.15, 0.2) is 12.4 Å². The molecular weight excluding hydrogens is 424 g/mol. The fourth-order valence-corrected chi connectivity index (χ4v) is 5.72. The normalized spacial score (nSPS) is 15.6. The lowest BCUT2D eigenvalue weighted by Crippen LogP contribution is -2.39. The molecule has 35 heavy (non-hydrogen) atoms. The van der Waals surface area contributed by atoms with E-state index in [4.69, 9.17) is 0 Å². The second-order valence-electron chi connectivity index (χ2n) is 11.5. The number of hydrogen-bond donors (Lipinski definition) is 0. The molecule has 0 N–H and O–H groups in total. The van der Waals surface area contributed by atoms with Crippen LogP contribution in [-0.2, 0) is 0 Å². The highest BCUT2D eigenvalue weighted by atomic mass is 15.4. The van der Waals surface area contributed by atoms with Gasteiger partial charge in [-0.3, -0.25) is 0 Å². The first-order chi connectivity index (χ1) is 17.3. The minimum absolute atomic E-state index is 0.640. The van der Waals surface area contributed by atoms with Gasteiger partial charge in [-0.25, -0.2) is 0 Å². The summed E-state index contributed by atoms with van der Waals surface area (Å²) in [7, 11) is 0. The van der Waals surface area contributed by atoms with Gasteiger partial charge < -0.3 is 9.80 Å². The predicted molar refractivity (Wildman–Crippen MR) is 159 cm³/mol. The van der Waals surface area contributed by atoms with Gasteiger partial charge >= 0.3 is 0 Å². The van der Waals surface area contributed by atoms with Crippen LogP contribution in [0.4, 0.5) is 0 Å². The Kier molecular flexibility index (Phi) is 23.1. The molecule has 0 aromatic carbocycles. The molecule has 0 fully saturated rings. The molecule has 0 spiro atoms. The van der Waals surface area contributed by atoms with Crippen LogP contribution >= 0.6 is 0 Å². The largest absolute Gasteiger partial charge is 0.356 e. The van der Waals surface area contributed by atoms with Crippen LogP contribution < -0.4 is 0 Å². The van der Waals surface area contributed by atoms with Crippen LogP contribution in [0.5, 0.6) is 0 Å². The molecule has 0 bridgehead atoms. The minimum Gasteiger partial charge on any atom is -0.356 e. The SMILES string of the molecule is CCCCCCCCCCCCCCCN1C=CN(CCC)C1CCCCCCCCCCCC. The summed E-state index contributed by atoms with van der Waals surface area (Å²) in [5.41, 5.74) is 0. The molecule has 0 aromatic rings. The van der Waals surface area contributed by atoms with Crippen LogP contribution in [0, 0.1) is 0 Å². The van der Waals surface area contributed by atoms with Gasteiger partial charge in [0.25, 0.3) is 0 Å². The summed E-state index contributed by atoms with van der Waals surface area (Å²) in [6, 6.07) is 0. The summed E-state index contributed by atoms with van der Waals surface area (Å²) in [6.07, 6.45) is 41.1. The molecule has 0 amide bonds. The Balaban J connectivity index is 2.03. The Morgan fingerprint density at radius 3 is 1.11 bits per heavy atom. The van der Waals surface area contributed by atoms with Gasteiger partial charge in [0, 0.05) is 25.5 Å². The van der Waals surface area contributed by atoms with Crippen LogP contribution in [0.1, 0.15) is 181 Å². The Bertz CT molecular complexity index is 446. The fraction of sp³-hybridized carbons (Fsp3) is 0.939. The summed E-state index contributed by atoms with van der Waals surface area (Å²) in [5.74, 6) is 0. The second kappa shape index (κ2) is 25.0. The quantitative estimate of drug-likeness (QED) is 0.106. The predicted octanol–water partition coefficient (Wildman–Crippen LogP) is 11.2. The molecule has 0 saturated carbocycles. The third-order valence-corrected chi connectivity index (χ3v) is 8.03. The molecule has 1 atom stereocenters. The lowest BCUT2D eigenvalue weighted by atomic mass is 10.0. The number of unbranched alkanes of at least 4 members (excludes halogenated alkanes) is 21. The Morgan fingerprint density at radius 2 is 0.714 bits per heavy atom. The van der Waals surface area contributed by atoms with Crippen LogP contribution in [0.3, 0.4) is 0 Å². The maximum atomic E-state index is 2.67. The van der Waals surface area contributed by atoms with Gasteiger partial charge in [0.15, 0.2) is 0 Å². The van der Waals surface area contributed by atoms with Crippen molar-refractivity contribution in [3.63, 3.8) is 0 Å². The topological polar surface area (TPSA) is 6.48 Å². The van der Waals surface area contributed by atoms with Crippen molar-refractivity contribution in [1.29, 1.82) is 0 Å². The van der Waals surface area contributed by atoms with E-state index in [-0.39, 0.29) is 0 Å². The molecular formula is C33H66N2. The first kappa shape index (κ1) is 32.4. The Hall–Kier alpha value is -0.660. The molecule has 0 saturated heterocycles. The van der Waals surface area contributed by atoms with Gasteiger partial charge in [0.2, 0.25) is 0 Å². The molecule has 1 heterocycles. The number of rotatable bonds is 27. The standard InChI is InChI=1S/C33H66N2/c1-4-7-9-11-13-15-17-18-19-21-23-25-27-30-35-32-31-34(29-6-3)33(35)28-26-24-22-20-16-14-12-10-8-5-2/h31-33H,4-30H2,1-3H3. The van der Waals surface area contributed by atoms with E-state index in [1.807, 2.05) is 0 Å². The zero-order chi connectivity index (χ0) is 25.2. The molecule has 0 aliphatic carbocycles. The molecule has 208 valence electrons. The summed E-state index contributed by atoms with van der Waals surface area (Å²) in [4.78, 5) is 5.29. The maximum absolute atomic E-state index is 2.67. The number of nitrogens with zero attached hydrogens (tertiary/aromatic N) is 2. The van der Waals surface area contributed by atoms with Gasteiger partial charge in [-0.1, -0.05) is 156 Å². The van der Waals surface area contributed by atoms with Crippen LogP contribution in [-0.4, -0.2) is 29.1 Å². The van der Waals surface area contributed by atoms with Crippen LogP contribution in [0.2, 0.25) is 0 Å². The van der Waals surface area contributed by atoms with Crippen molar-refractivity contribution in [2.75, 3.05) is 13.1 Å². The summed E-state index contributed by atoms with van der Waals surface area (Å²) < 4.78 is 0. The van der Waals surface area contributed by atoms with Crippen molar-refractivity contribution in [2.45, 2.75) is 187 Å². The molecule has 2 heteroatoms. The summed E-state index contributed by atoms with van der Waals surface area (Å²) in [5, 5.41) is 0. The Labute approximate surface area is 222 Å². The lowest BCUT2D eigenvalue weighted by molar-refractivity contribution is 0.137. The smallest absolute Gasteiger partial charge is 0.101 e. The second-order valence-corrected chi connectivity index (χ2v) is 11.5. The monoisotopic (exact) mass is 491 g/mol. The van der Waals surface area contributed by atoms with Crippen molar-refractivity contribution >= 4 is 0 Å². The van der Waals surface area contributed by atoms with Crippen molar-refractivity contribution in [2.24, 2.45) is 0 Å². The van der Waals surface area contributed by atoms with E-state index in [1.54, 1.807) is 0 Å². The highest BCUT2D eigenvalue weighted by molar-refractivity contribution is 4.96. The fourth-order valence-electron chi connectivity index (χ4n) is 5.72. The van der Waals surface area contributed by atoms with Crippen molar-refractivity contribution < 1.29 is 0 Å². The van der Waals surface area contributed by atoms with Gasteiger partial charge in [0.1, 0.15) is 6.17 Å². The third-order valence-electron chi connectivity index (χ3n) is 8.03. The van der Waals surface area contributed by atoms with E-state index < -0.39 is 0 Å². The van der Waals surface area contributed by atoms with Crippen molar-refractivity contribution in [3.8, 4) is 0 Å². The third kappa shape index (κ3) is 18.3.